The maximum absolute atomic E-state index is 10.8. The molecule has 10 N–H and O–H groups in total. The lowest BCUT2D eigenvalue weighted by Gasteiger charge is -2.45. The van der Waals surface area contributed by atoms with Crippen LogP contribution in [0.3, 0.4) is 0 Å². The summed E-state index contributed by atoms with van der Waals surface area (Å²) in [5, 5.41) is 81.1. The summed E-state index contributed by atoms with van der Waals surface area (Å²) in [7, 11) is 0. The van der Waals surface area contributed by atoms with E-state index in [-0.39, 0.29) is 0 Å². The molecule has 14 nitrogen and oxygen atoms in total. The second-order valence-corrected chi connectivity index (χ2v) is 12.0. The van der Waals surface area contributed by atoms with Gasteiger partial charge >= 0.3 is 0 Å². The number of pyridine rings is 1. The van der Waals surface area contributed by atoms with Crippen LogP contribution in [0.4, 0.5) is 0 Å². The van der Waals surface area contributed by atoms with Crippen molar-refractivity contribution in [2.24, 2.45) is 5.73 Å². The van der Waals surface area contributed by atoms with E-state index in [0.717, 1.165) is 22.3 Å². The molecule has 2 aliphatic heterocycles. The van der Waals surface area contributed by atoms with E-state index in [9.17, 15) is 40.9 Å². The third kappa shape index (κ3) is 6.34. The standard InChI is InChI=1S/C32H40N2O12/c1-15-8-17(4-6-21(15)43-29-31(3,41)27(39)25(37)23(13-35)45-29)19-10-20(12-34-11-19)18-5-7-22(16(2)9-18)44-30-32(33,42)28(40)26(38)24(14-36)46-30/h4-12,23-30,35-42H,13-14,33H2,1-3H3/t23-,24-,25-,26-,27+,28+,29+,30+,31+,32+/m1/s1. The number of aliphatic hydroxyl groups excluding tert-OH is 6. The molecule has 2 aromatic carbocycles. The van der Waals surface area contributed by atoms with Gasteiger partial charge in [0.15, 0.2) is 5.60 Å². The zero-order valence-electron chi connectivity index (χ0n) is 25.5. The summed E-state index contributed by atoms with van der Waals surface area (Å²) in [4.78, 5) is 4.40. The molecule has 0 bridgehead atoms. The molecular formula is C32H40N2O12. The van der Waals surface area contributed by atoms with Crippen molar-refractivity contribution >= 4 is 0 Å². The Morgan fingerprint density at radius 1 is 0.717 bits per heavy atom. The zero-order chi connectivity index (χ0) is 33.6. The molecule has 1 aromatic heterocycles. The lowest BCUT2D eigenvalue weighted by molar-refractivity contribution is -0.319. The van der Waals surface area contributed by atoms with Gasteiger partial charge in [-0.15, -0.1) is 0 Å². The SMILES string of the molecule is Cc1cc(-c2cncc(-c3ccc(O[C@H]4O[C@H](CO)[C@@H](O)[C@H](O)[C@]4(N)O)c(C)c3)c2)ccc1O[C@H]1O[C@H](CO)[C@@H](O)[C@H](O)[C@]1(C)O. The fraction of sp³-hybridized carbons (Fsp3) is 0.469. The predicted molar refractivity (Wildman–Crippen MR) is 161 cm³/mol. The van der Waals surface area contributed by atoms with Gasteiger partial charge in [-0.2, -0.15) is 0 Å². The van der Waals surface area contributed by atoms with Crippen LogP contribution in [0.1, 0.15) is 18.1 Å². The molecule has 3 heterocycles. The first-order valence-electron chi connectivity index (χ1n) is 14.7. The summed E-state index contributed by atoms with van der Waals surface area (Å²) in [6, 6.07) is 12.5. The molecule has 5 rings (SSSR count). The van der Waals surface area contributed by atoms with Gasteiger partial charge in [-0.25, -0.2) is 0 Å². The maximum Gasteiger partial charge on any atom is 0.245 e. The maximum atomic E-state index is 10.8. The molecule has 3 aromatic rings. The van der Waals surface area contributed by atoms with Crippen molar-refractivity contribution in [2.45, 2.75) is 81.3 Å². The molecule has 10 atom stereocenters. The molecule has 0 radical (unpaired) electrons. The van der Waals surface area contributed by atoms with Crippen molar-refractivity contribution in [3.8, 4) is 33.8 Å². The minimum absolute atomic E-state index is 0.293. The van der Waals surface area contributed by atoms with Gasteiger partial charge in [0.2, 0.25) is 18.3 Å². The van der Waals surface area contributed by atoms with Gasteiger partial charge in [-0.3, -0.25) is 10.7 Å². The summed E-state index contributed by atoms with van der Waals surface area (Å²) < 4.78 is 22.7. The normalized spacial score (nSPS) is 34.7. The number of nitrogens with two attached hydrogens (primary N) is 1. The number of hydrogen-bond donors (Lipinski definition) is 9. The van der Waals surface area contributed by atoms with Crippen molar-refractivity contribution in [1.29, 1.82) is 0 Å². The van der Waals surface area contributed by atoms with Crippen LogP contribution in [0.25, 0.3) is 22.3 Å². The number of hydrogen-bond acceptors (Lipinski definition) is 14. The van der Waals surface area contributed by atoms with Crippen LogP contribution in [0.2, 0.25) is 0 Å². The Balaban J connectivity index is 1.33. The van der Waals surface area contributed by atoms with Crippen LogP contribution < -0.4 is 15.2 Å². The van der Waals surface area contributed by atoms with Crippen molar-refractivity contribution in [2.75, 3.05) is 13.2 Å². The fourth-order valence-corrected chi connectivity index (χ4v) is 5.51. The topological polar surface area (TPSA) is 238 Å². The Bertz CT molecular complexity index is 1430. The Morgan fingerprint density at radius 3 is 1.65 bits per heavy atom. The zero-order valence-corrected chi connectivity index (χ0v) is 25.5. The summed E-state index contributed by atoms with van der Waals surface area (Å²) >= 11 is 0. The van der Waals surface area contributed by atoms with Crippen LogP contribution in [-0.2, 0) is 9.47 Å². The van der Waals surface area contributed by atoms with Crippen molar-refractivity contribution in [3.63, 3.8) is 0 Å². The van der Waals surface area contributed by atoms with Crippen LogP contribution in [0.15, 0.2) is 54.9 Å². The lowest BCUT2D eigenvalue weighted by atomic mass is 9.88. The quantitative estimate of drug-likeness (QED) is 0.135. The second-order valence-electron chi connectivity index (χ2n) is 12.0. The van der Waals surface area contributed by atoms with E-state index < -0.39 is 73.7 Å². The minimum Gasteiger partial charge on any atom is -0.461 e. The van der Waals surface area contributed by atoms with Crippen LogP contribution >= 0.6 is 0 Å². The first-order chi connectivity index (χ1) is 21.7. The monoisotopic (exact) mass is 644 g/mol. The van der Waals surface area contributed by atoms with E-state index >= 15 is 0 Å². The lowest BCUT2D eigenvalue weighted by Crippen LogP contribution is -2.72. The largest absolute Gasteiger partial charge is 0.461 e. The van der Waals surface area contributed by atoms with Gasteiger partial charge < -0.3 is 59.8 Å². The van der Waals surface area contributed by atoms with Crippen LogP contribution in [-0.4, -0.2) is 120 Å². The molecule has 0 saturated carbocycles. The average molecular weight is 645 g/mol. The summed E-state index contributed by atoms with van der Waals surface area (Å²) in [6.45, 7) is 3.65. The highest BCUT2D eigenvalue weighted by molar-refractivity contribution is 5.73. The van der Waals surface area contributed by atoms with Crippen LogP contribution in [0, 0.1) is 13.8 Å². The summed E-state index contributed by atoms with van der Waals surface area (Å²) in [5.74, 6) is 0.657. The Kier molecular flexibility index (Phi) is 9.71. The average Bonchev–Trinajstić information content (AvgIpc) is 3.03. The molecule has 250 valence electrons. The molecule has 2 saturated heterocycles. The summed E-state index contributed by atoms with van der Waals surface area (Å²) in [6.07, 6.45) is -8.42. The van der Waals surface area contributed by atoms with Gasteiger partial charge in [-0.1, -0.05) is 12.1 Å². The third-order valence-corrected chi connectivity index (χ3v) is 8.52. The van der Waals surface area contributed by atoms with E-state index in [2.05, 4.69) is 4.98 Å². The van der Waals surface area contributed by atoms with Crippen molar-refractivity contribution < 1.29 is 59.8 Å². The molecule has 0 aliphatic carbocycles. The molecule has 2 fully saturated rings. The fourth-order valence-electron chi connectivity index (χ4n) is 5.51. The second kappa shape index (κ2) is 13.1. The number of benzene rings is 2. The Hall–Kier alpha value is -3.25. The van der Waals surface area contributed by atoms with E-state index in [1.807, 2.05) is 18.2 Å². The highest BCUT2D eigenvalue weighted by Gasteiger charge is 2.55. The van der Waals surface area contributed by atoms with E-state index in [4.69, 9.17) is 24.7 Å². The Morgan fingerprint density at radius 2 is 1.17 bits per heavy atom. The van der Waals surface area contributed by atoms with Gasteiger partial charge in [0.05, 0.1) is 13.2 Å². The number of nitrogens with zero attached hydrogens (tertiary/aromatic N) is 1. The third-order valence-electron chi connectivity index (χ3n) is 8.52. The smallest absolute Gasteiger partial charge is 0.245 e. The molecular weight excluding hydrogens is 604 g/mol. The Labute approximate surface area is 264 Å². The number of aryl methyl sites for hydroxylation is 2. The molecule has 0 spiro atoms. The van der Waals surface area contributed by atoms with Crippen molar-refractivity contribution in [3.05, 3.63) is 66.0 Å². The highest BCUT2D eigenvalue weighted by Crippen LogP contribution is 2.36. The predicted octanol–water partition coefficient (Wildman–Crippen LogP) is -0.934. The van der Waals surface area contributed by atoms with Crippen LogP contribution in [0.5, 0.6) is 11.5 Å². The molecule has 14 heteroatoms. The molecule has 2 aliphatic rings. The summed E-state index contributed by atoms with van der Waals surface area (Å²) in [5.41, 5.74) is 5.92. The molecule has 46 heavy (non-hydrogen) atoms. The van der Waals surface area contributed by atoms with Gasteiger partial charge in [0.1, 0.15) is 48.1 Å². The van der Waals surface area contributed by atoms with Gasteiger partial charge in [0, 0.05) is 23.5 Å². The number of aromatic nitrogens is 1. The van der Waals surface area contributed by atoms with Crippen molar-refractivity contribution in [1.82, 2.24) is 4.98 Å². The first-order valence-corrected chi connectivity index (χ1v) is 14.7. The number of aliphatic hydroxyl groups is 8. The molecule has 0 amide bonds. The number of ether oxygens (including phenoxy) is 4. The van der Waals surface area contributed by atoms with E-state index in [1.165, 1.54) is 6.92 Å². The highest BCUT2D eigenvalue weighted by atomic mass is 16.7. The number of rotatable bonds is 8. The first kappa shape index (κ1) is 34.1. The van der Waals surface area contributed by atoms with Gasteiger partial charge in [0.25, 0.3) is 0 Å². The van der Waals surface area contributed by atoms with E-state index in [1.54, 1.807) is 50.5 Å². The minimum atomic E-state index is -2.44. The van der Waals surface area contributed by atoms with E-state index in [0.29, 0.717) is 22.6 Å². The van der Waals surface area contributed by atoms with Gasteiger partial charge in [-0.05, 0) is 73.4 Å². The molecule has 0 unspecified atom stereocenters.